The molecule has 0 amide bonds. The van der Waals surface area contributed by atoms with Crippen molar-refractivity contribution in [3.8, 4) is 11.5 Å². The van der Waals surface area contributed by atoms with E-state index in [-0.39, 0.29) is 27.7 Å². The summed E-state index contributed by atoms with van der Waals surface area (Å²) in [5.41, 5.74) is 4.31. The summed E-state index contributed by atoms with van der Waals surface area (Å²) < 4.78 is 157. The second-order valence-electron chi connectivity index (χ2n) is 9.38. The monoisotopic (exact) mass is 803 g/mol. The standard InChI is InChI=1S/C23H25N5O17S5/c1-43-22-5-3-14(46(30,31)8-6-44-49(37,38)39)10-20(22)28-26-18-13-19(21(29)12-16(18)24)27-25-17-4-2-15(11-23(17)48(34,35)36)47(32,33)9-7-45-50(40,41)42/h2-5,10-13,29H,6-9,24H2,1H3,(H,34,35,36)(H,37,38,39)(H,40,41,42)/b27-25+,28-26+. The molecule has 0 aliphatic rings. The van der Waals surface area contributed by atoms with Gasteiger partial charge in [-0.1, -0.05) is 0 Å². The van der Waals surface area contributed by atoms with Crippen LogP contribution in [0.15, 0.2) is 83.7 Å². The minimum absolute atomic E-state index is 0.0216. The van der Waals surface area contributed by atoms with Gasteiger partial charge in [0.2, 0.25) is 0 Å². The molecule has 0 atom stereocenters. The lowest BCUT2D eigenvalue weighted by Gasteiger charge is -2.09. The molecule has 3 aromatic carbocycles. The van der Waals surface area contributed by atoms with Crippen LogP contribution in [0.4, 0.5) is 28.4 Å². The average Bonchev–Trinajstić information content (AvgIpc) is 2.97. The van der Waals surface area contributed by atoms with Crippen molar-refractivity contribution in [3.05, 3.63) is 48.5 Å². The summed E-state index contributed by atoms with van der Waals surface area (Å²) in [6.45, 7) is -1.91. The smallest absolute Gasteiger partial charge is 0.397 e. The molecule has 6 N–H and O–H groups in total. The summed E-state index contributed by atoms with van der Waals surface area (Å²) in [6, 6.07) is 7.47. The molecular weight excluding hydrogens is 779 g/mol. The minimum Gasteiger partial charge on any atom is -0.506 e. The van der Waals surface area contributed by atoms with Crippen LogP contribution in [0.2, 0.25) is 0 Å². The maximum Gasteiger partial charge on any atom is 0.397 e. The zero-order chi connectivity index (χ0) is 37.7. The first-order valence-electron chi connectivity index (χ1n) is 12.9. The molecule has 3 aromatic rings. The van der Waals surface area contributed by atoms with Crippen LogP contribution < -0.4 is 10.5 Å². The SMILES string of the molecule is COc1ccc(S(=O)(=O)CCOS(=O)(=O)O)cc1/N=N/c1cc(/N=N/c2ccc(S(=O)(=O)CCOS(=O)(=O)O)cc2S(=O)(=O)O)c(O)cc1N. The number of rotatable bonds is 16. The molecule has 274 valence electrons. The summed E-state index contributed by atoms with van der Waals surface area (Å²) in [5, 5.41) is 25.5. The highest BCUT2D eigenvalue weighted by Gasteiger charge is 2.23. The topological polar surface area (TPSA) is 355 Å². The number of anilines is 1. The van der Waals surface area contributed by atoms with Gasteiger partial charge in [0.1, 0.15) is 39.1 Å². The number of hydrogen-bond donors (Lipinski definition) is 5. The van der Waals surface area contributed by atoms with Gasteiger partial charge in [0.05, 0.1) is 47.3 Å². The van der Waals surface area contributed by atoms with Gasteiger partial charge in [-0.25, -0.2) is 25.2 Å². The van der Waals surface area contributed by atoms with Gasteiger partial charge in [0.25, 0.3) is 10.1 Å². The first kappa shape index (κ1) is 40.2. The number of nitrogens with two attached hydrogens (primary N) is 1. The predicted molar refractivity (Wildman–Crippen MR) is 169 cm³/mol. The maximum atomic E-state index is 12.6. The van der Waals surface area contributed by atoms with Crippen LogP contribution in [-0.4, -0.2) is 92.7 Å². The summed E-state index contributed by atoms with van der Waals surface area (Å²) in [7, 11) is -22.4. The molecule has 0 unspecified atom stereocenters. The third-order valence-electron chi connectivity index (χ3n) is 5.90. The number of methoxy groups -OCH3 is 1. The zero-order valence-corrected chi connectivity index (χ0v) is 29.0. The van der Waals surface area contributed by atoms with E-state index in [0.29, 0.717) is 6.07 Å². The number of azo groups is 2. The Morgan fingerprint density at radius 3 is 1.62 bits per heavy atom. The van der Waals surface area contributed by atoms with Gasteiger partial charge in [-0.2, -0.15) is 25.3 Å². The van der Waals surface area contributed by atoms with E-state index in [1.165, 1.54) is 13.2 Å². The molecule has 0 radical (unpaired) electrons. The molecule has 0 aliphatic heterocycles. The van der Waals surface area contributed by atoms with E-state index in [1.54, 1.807) is 0 Å². The van der Waals surface area contributed by atoms with Crippen molar-refractivity contribution in [1.82, 2.24) is 0 Å². The Morgan fingerprint density at radius 2 is 1.10 bits per heavy atom. The van der Waals surface area contributed by atoms with Crippen LogP contribution in [-0.2, 0) is 59.0 Å². The van der Waals surface area contributed by atoms with Crippen LogP contribution >= 0.6 is 0 Å². The van der Waals surface area contributed by atoms with Crippen molar-refractivity contribution >= 4 is 79.0 Å². The van der Waals surface area contributed by atoms with Crippen LogP contribution in [0.5, 0.6) is 11.5 Å². The predicted octanol–water partition coefficient (Wildman–Crippen LogP) is 2.25. The van der Waals surface area contributed by atoms with Crippen LogP contribution in [0, 0.1) is 0 Å². The minimum atomic E-state index is -5.16. The first-order valence-corrected chi connectivity index (χ1v) is 20.3. The van der Waals surface area contributed by atoms with Gasteiger partial charge < -0.3 is 15.6 Å². The van der Waals surface area contributed by atoms with Crippen molar-refractivity contribution in [2.24, 2.45) is 20.5 Å². The molecule has 0 spiro atoms. The highest BCUT2D eigenvalue weighted by atomic mass is 32.3. The molecule has 0 fully saturated rings. The molecule has 0 saturated carbocycles. The number of hydrogen-bond acceptors (Lipinski definition) is 19. The molecular formula is C23H25N5O17S5. The fourth-order valence-electron chi connectivity index (χ4n) is 3.62. The van der Waals surface area contributed by atoms with E-state index < -0.39 is 102 Å². The second-order valence-corrected chi connectivity index (χ2v) is 17.2. The first-order chi connectivity index (χ1) is 22.9. The fourth-order valence-corrected chi connectivity index (χ4v) is 7.36. The lowest BCUT2D eigenvalue weighted by Crippen LogP contribution is -2.16. The van der Waals surface area contributed by atoms with Gasteiger partial charge in [0.15, 0.2) is 19.7 Å². The Balaban J connectivity index is 1.96. The fraction of sp³-hybridized carbons (Fsp3) is 0.217. The van der Waals surface area contributed by atoms with E-state index in [9.17, 15) is 51.7 Å². The number of nitrogens with zero attached hydrogens (tertiary/aromatic N) is 4. The summed E-state index contributed by atoms with van der Waals surface area (Å²) in [4.78, 5) is -2.13. The highest BCUT2D eigenvalue weighted by Crippen LogP contribution is 2.39. The molecule has 50 heavy (non-hydrogen) atoms. The van der Waals surface area contributed by atoms with Gasteiger partial charge >= 0.3 is 20.8 Å². The maximum absolute atomic E-state index is 12.6. The number of benzene rings is 3. The lowest BCUT2D eigenvalue weighted by molar-refractivity contribution is 0.282. The van der Waals surface area contributed by atoms with E-state index in [4.69, 9.17) is 19.6 Å². The Labute approximate surface area is 284 Å². The Morgan fingerprint density at radius 1 is 0.620 bits per heavy atom. The molecule has 0 saturated heterocycles. The molecule has 0 aliphatic carbocycles. The normalized spacial score (nSPS) is 13.3. The van der Waals surface area contributed by atoms with Crippen LogP contribution in [0.3, 0.4) is 0 Å². The van der Waals surface area contributed by atoms with Crippen molar-refractivity contribution in [3.63, 3.8) is 0 Å². The summed E-state index contributed by atoms with van der Waals surface area (Å²) in [5.74, 6) is -2.46. The number of ether oxygens (including phenoxy) is 1. The van der Waals surface area contributed by atoms with E-state index >= 15 is 0 Å². The van der Waals surface area contributed by atoms with Crippen molar-refractivity contribution in [2.45, 2.75) is 14.7 Å². The lowest BCUT2D eigenvalue weighted by atomic mass is 10.2. The molecule has 0 aromatic heterocycles. The van der Waals surface area contributed by atoms with E-state index in [2.05, 4.69) is 28.8 Å². The zero-order valence-electron chi connectivity index (χ0n) is 25.0. The third kappa shape index (κ3) is 11.4. The quantitative estimate of drug-likeness (QED) is 0.0787. The van der Waals surface area contributed by atoms with Crippen LogP contribution in [0.1, 0.15) is 0 Å². The summed E-state index contributed by atoms with van der Waals surface area (Å²) >= 11 is 0. The largest absolute Gasteiger partial charge is 0.506 e. The van der Waals surface area contributed by atoms with E-state index in [0.717, 1.165) is 36.4 Å². The highest BCUT2D eigenvalue weighted by molar-refractivity contribution is 7.92. The van der Waals surface area contributed by atoms with Crippen LogP contribution in [0.25, 0.3) is 0 Å². The third-order valence-corrected chi connectivity index (χ3v) is 11.1. The van der Waals surface area contributed by atoms with Gasteiger partial charge in [-0.3, -0.25) is 13.7 Å². The van der Waals surface area contributed by atoms with E-state index in [1.807, 2.05) is 0 Å². The Bertz CT molecular complexity index is 2400. The van der Waals surface area contributed by atoms with Gasteiger partial charge in [0, 0.05) is 6.07 Å². The van der Waals surface area contributed by atoms with Gasteiger partial charge in [-0.05, 0) is 42.5 Å². The Hall–Kier alpha value is -4.19. The molecule has 22 nitrogen and oxygen atoms in total. The Kier molecular flexibility index (Phi) is 12.4. The number of aromatic hydroxyl groups is 1. The molecule has 0 bridgehead atoms. The summed E-state index contributed by atoms with van der Waals surface area (Å²) in [6.07, 6.45) is 0. The van der Waals surface area contributed by atoms with Crippen molar-refractivity contribution < 1.29 is 74.0 Å². The van der Waals surface area contributed by atoms with Crippen molar-refractivity contribution in [2.75, 3.05) is 37.6 Å². The average molecular weight is 804 g/mol. The number of phenols is 1. The number of nitrogen functional groups attached to an aromatic ring is 1. The van der Waals surface area contributed by atoms with Gasteiger partial charge in [-0.15, -0.1) is 20.5 Å². The number of sulfone groups is 2. The molecule has 0 heterocycles. The molecule has 27 heteroatoms. The number of phenolic OH excluding ortho intramolecular Hbond substituents is 1. The van der Waals surface area contributed by atoms with Crippen molar-refractivity contribution in [1.29, 1.82) is 0 Å². The molecule has 3 rings (SSSR count). The second kappa shape index (κ2) is 15.4.